The first-order valence-electron chi connectivity index (χ1n) is 19.2. The Hall–Kier alpha value is -7.25. The van der Waals surface area contributed by atoms with Crippen molar-refractivity contribution in [2.75, 3.05) is 0 Å². The highest BCUT2D eigenvalue weighted by molar-refractivity contribution is 7.01. The van der Waals surface area contributed by atoms with Gasteiger partial charge in [-0.2, -0.15) is 0 Å². The van der Waals surface area contributed by atoms with Gasteiger partial charge in [0, 0.05) is 0 Å². The van der Waals surface area contributed by atoms with Gasteiger partial charge in [0.15, 0.2) is 75.6 Å². The standard InChI is InChI=1S/C48H21BF19/c1-3-18-5-9-20(10-6-18)22-13-23(21-11-7-19(4-2)8-12-21)15-24(14-22)27-34(54)36(56)28(37(57)35(27)55)49(29-38(58)44(64)48(68)45(65)39(29)59,16-25-30(50)40(60)46(66)41(61)31(25)51)17-26-32(52)42(62)47(67)43(63)33(26)53/h3-15H,1-2,16-17H2/q-1. The maximum atomic E-state index is 17.3. The lowest BCUT2D eigenvalue weighted by Gasteiger charge is -2.43. The fourth-order valence-electron chi connectivity index (χ4n) is 8.20. The molecule has 0 bridgehead atoms. The van der Waals surface area contributed by atoms with E-state index in [9.17, 15) is 30.7 Å². The Morgan fingerprint density at radius 1 is 0.294 bits per heavy atom. The maximum absolute atomic E-state index is 17.3. The van der Waals surface area contributed by atoms with Crippen molar-refractivity contribution in [1.29, 1.82) is 0 Å². The summed E-state index contributed by atoms with van der Waals surface area (Å²) in [6, 6.07) is 15.3. The zero-order valence-corrected chi connectivity index (χ0v) is 33.6. The van der Waals surface area contributed by atoms with Gasteiger partial charge in [-0.25, -0.2) is 83.4 Å². The summed E-state index contributed by atoms with van der Waals surface area (Å²) >= 11 is 0. The average Bonchev–Trinajstić information content (AvgIpc) is 3.34. The summed E-state index contributed by atoms with van der Waals surface area (Å²) < 4.78 is 296. The minimum Gasteiger partial charge on any atom is -0.207 e. The van der Waals surface area contributed by atoms with E-state index in [0.29, 0.717) is 11.1 Å². The normalized spacial score (nSPS) is 11.7. The molecule has 0 spiro atoms. The minimum absolute atomic E-state index is 0.0437. The molecule has 0 N–H and O–H groups in total. The van der Waals surface area contributed by atoms with Crippen molar-refractivity contribution in [2.24, 2.45) is 0 Å². The van der Waals surface area contributed by atoms with Crippen molar-refractivity contribution in [2.45, 2.75) is 12.6 Å². The van der Waals surface area contributed by atoms with Crippen LogP contribution in [0.2, 0.25) is 0 Å². The van der Waals surface area contributed by atoms with Gasteiger partial charge in [-0.1, -0.05) is 73.8 Å². The van der Waals surface area contributed by atoms with Crippen molar-refractivity contribution < 1.29 is 83.4 Å². The minimum atomic E-state index is -6.03. The number of benzene rings is 7. The Labute approximate surface area is 370 Å². The van der Waals surface area contributed by atoms with Crippen molar-refractivity contribution in [3.63, 3.8) is 0 Å². The summed E-state index contributed by atoms with van der Waals surface area (Å²) in [6.07, 6.45) is -8.85. The summed E-state index contributed by atoms with van der Waals surface area (Å²) in [4.78, 5) is 0. The molecule has 0 nitrogen and oxygen atoms in total. The van der Waals surface area contributed by atoms with E-state index in [4.69, 9.17) is 0 Å². The van der Waals surface area contributed by atoms with Gasteiger partial charge in [0.1, 0.15) is 23.3 Å². The molecule has 0 heterocycles. The summed E-state index contributed by atoms with van der Waals surface area (Å²) in [5.41, 5.74) is -11.7. The van der Waals surface area contributed by atoms with Crippen LogP contribution in [0.25, 0.3) is 45.5 Å². The molecule has 0 atom stereocenters. The molecular weight excluding hydrogens is 948 g/mol. The number of hydrogen-bond donors (Lipinski definition) is 0. The topological polar surface area (TPSA) is 0 Å². The van der Waals surface area contributed by atoms with Crippen LogP contribution in [0.15, 0.2) is 79.9 Å². The molecule has 0 saturated heterocycles. The van der Waals surface area contributed by atoms with Gasteiger partial charge in [0.25, 0.3) is 0 Å². The Kier molecular flexibility index (Phi) is 13.0. The molecule has 7 aromatic carbocycles. The largest absolute Gasteiger partial charge is 0.207 e. The zero-order valence-electron chi connectivity index (χ0n) is 33.6. The molecule has 0 aliphatic carbocycles. The second kappa shape index (κ2) is 18.1. The molecule has 0 unspecified atom stereocenters. The maximum Gasteiger partial charge on any atom is 0.200 e. The highest BCUT2D eigenvalue weighted by Gasteiger charge is 2.46. The van der Waals surface area contributed by atoms with Crippen LogP contribution in [0.5, 0.6) is 0 Å². The molecule has 20 heteroatoms. The molecule has 0 fully saturated rings. The molecule has 0 amide bonds. The Morgan fingerprint density at radius 3 is 0.838 bits per heavy atom. The van der Waals surface area contributed by atoms with Gasteiger partial charge in [0.2, 0.25) is 11.6 Å². The van der Waals surface area contributed by atoms with Gasteiger partial charge in [-0.05, 0) is 68.3 Å². The predicted molar refractivity (Wildman–Crippen MR) is 214 cm³/mol. The molecule has 7 rings (SSSR count). The first-order valence-corrected chi connectivity index (χ1v) is 19.2. The first kappa shape index (κ1) is 48.7. The van der Waals surface area contributed by atoms with E-state index in [1.54, 1.807) is 0 Å². The van der Waals surface area contributed by atoms with Crippen LogP contribution in [0.3, 0.4) is 0 Å². The second-order valence-corrected chi connectivity index (χ2v) is 15.2. The zero-order chi connectivity index (χ0) is 50.0. The summed E-state index contributed by atoms with van der Waals surface area (Å²) in [5, 5.41) is 0. The molecule has 68 heavy (non-hydrogen) atoms. The highest BCUT2D eigenvalue weighted by Crippen LogP contribution is 2.39. The van der Waals surface area contributed by atoms with Gasteiger partial charge >= 0.3 is 0 Å². The fourth-order valence-corrected chi connectivity index (χ4v) is 8.20. The van der Waals surface area contributed by atoms with Gasteiger partial charge in [-0.3, -0.25) is 0 Å². The van der Waals surface area contributed by atoms with Crippen LogP contribution in [0, 0.1) is 111 Å². The van der Waals surface area contributed by atoms with Crippen LogP contribution in [-0.2, 0) is 12.6 Å². The smallest absolute Gasteiger partial charge is 0.200 e. The fraction of sp³-hybridized carbons (Fsp3) is 0.0417. The number of hydrogen-bond acceptors (Lipinski definition) is 0. The molecule has 0 aromatic heterocycles. The van der Waals surface area contributed by atoms with E-state index < -0.39 is 162 Å². The summed E-state index contributed by atoms with van der Waals surface area (Å²) in [5.74, 6) is -58.2. The van der Waals surface area contributed by atoms with Gasteiger partial charge in [0.05, 0.1) is 11.7 Å². The molecule has 0 aliphatic rings. The summed E-state index contributed by atoms with van der Waals surface area (Å²) in [6.45, 7) is 7.23. The highest BCUT2D eigenvalue weighted by atomic mass is 19.2. The lowest BCUT2D eigenvalue weighted by molar-refractivity contribution is 0.370. The van der Waals surface area contributed by atoms with E-state index in [1.165, 1.54) is 66.7 Å². The first-order chi connectivity index (χ1) is 32.0. The van der Waals surface area contributed by atoms with E-state index in [2.05, 4.69) is 13.2 Å². The SMILES string of the molecule is C=Cc1ccc(-c2cc(-c3ccc(C=C)cc3)cc(-c3c(F)c(F)c([B-](Cc4c(F)c(F)c(F)c(F)c4F)(Cc4c(F)c(F)c(F)c(F)c4F)c4c(F)c(F)c(F)c(F)c4F)c(F)c3F)c2)cc1. The van der Waals surface area contributed by atoms with Gasteiger partial charge in [-0.15, -0.1) is 23.6 Å². The molecule has 0 saturated carbocycles. The van der Waals surface area contributed by atoms with Crippen LogP contribution in [0.4, 0.5) is 83.4 Å². The molecule has 0 aliphatic heterocycles. The molecular formula is C48H21BF19-. The van der Waals surface area contributed by atoms with Crippen molar-refractivity contribution in [3.8, 4) is 33.4 Å². The van der Waals surface area contributed by atoms with E-state index in [1.807, 2.05) is 0 Å². The lowest BCUT2D eigenvalue weighted by Crippen LogP contribution is -2.68. The Balaban J connectivity index is 1.66. The van der Waals surface area contributed by atoms with Crippen molar-refractivity contribution in [3.05, 3.63) is 213 Å². The van der Waals surface area contributed by atoms with E-state index in [0.717, 1.165) is 12.1 Å². The van der Waals surface area contributed by atoms with Crippen LogP contribution in [-0.4, -0.2) is 6.15 Å². The van der Waals surface area contributed by atoms with Crippen molar-refractivity contribution in [1.82, 2.24) is 0 Å². The Bertz CT molecular complexity index is 3000. The van der Waals surface area contributed by atoms with Crippen LogP contribution in [0.1, 0.15) is 22.3 Å². The average molecular weight is 969 g/mol. The number of halogens is 19. The second-order valence-electron chi connectivity index (χ2n) is 15.2. The van der Waals surface area contributed by atoms with E-state index >= 15 is 52.7 Å². The summed E-state index contributed by atoms with van der Waals surface area (Å²) in [7, 11) is 0. The van der Waals surface area contributed by atoms with Crippen molar-refractivity contribution >= 4 is 29.2 Å². The lowest BCUT2D eigenvalue weighted by atomic mass is 9.14. The molecule has 0 radical (unpaired) electrons. The third-order valence-corrected chi connectivity index (χ3v) is 11.5. The predicted octanol–water partition coefficient (Wildman–Crippen LogP) is 13.7. The Morgan fingerprint density at radius 2 is 0.544 bits per heavy atom. The van der Waals surface area contributed by atoms with Crippen LogP contribution < -0.4 is 10.9 Å². The monoisotopic (exact) mass is 969 g/mol. The van der Waals surface area contributed by atoms with Crippen LogP contribution >= 0.6 is 0 Å². The third-order valence-electron chi connectivity index (χ3n) is 11.5. The molecule has 350 valence electrons. The third kappa shape index (κ3) is 7.78. The number of rotatable bonds is 11. The molecule has 7 aromatic rings. The van der Waals surface area contributed by atoms with Gasteiger partial charge < -0.3 is 0 Å². The quantitative estimate of drug-likeness (QED) is 0.0524. The van der Waals surface area contributed by atoms with E-state index in [-0.39, 0.29) is 22.3 Å².